The fourth-order valence-corrected chi connectivity index (χ4v) is 5.34. The zero-order valence-corrected chi connectivity index (χ0v) is 22.4. The van der Waals surface area contributed by atoms with Gasteiger partial charge in [-0.05, 0) is 53.8 Å². The Balaban J connectivity index is 1.49. The number of carbonyl (C=O) groups excluding carboxylic acids is 2. The maximum absolute atomic E-state index is 13.6. The molecule has 1 N–H and O–H groups in total. The smallest absolute Gasteiger partial charge is 0.322 e. The number of benzene rings is 2. The Bertz CT molecular complexity index is 1220. The van der Waals surface area contributed by atoms with E-state index in [0.717, 1.165) is 12.0 Å². The molecule has 0 fully saturated rings. The van der Waals surface area contributed by atoms with Gasteiger partial charge in [0.05, 0.1) is 19.8 Å². The van der Waals surface area contributed by atoms with Gasteiger partial charge in [0.25, 0.3) is 0 Å². The molecule has 0 aliphatic carbocycles. The van der Waals surface area contributed by atoms with E-state index in [1.165, 1.54) is 9.78 Å². The van der Waals surface area contributed by atoms with Crippen LogP contribution in [0.15, 0.2) is 60.0 Å². The number of nitrogens with zero attached hydrogens (tertiary/aromatic N) is 2. The highest BCUT2D eigenvalue weighted by molar-refractivity contribution is 7.10. The Morgan fingerprint density at radius 1 is 1.14 bits per heavy atom. The van der Waals surface area contributed by atoms with Crippen molar-refractivity contribution in [1.29, 1.82) is 0 Å². The van der Waals surface area contributed by atoms with Crippen LogP contribution in [0.5, 0.6) is 11.5 Å². The fourth-order valence-electron chi connectivity index (χ4n) is 4.22. The van der Waals surface area contributed by atoms with Gasteiger partial charge in [-0.2, -0.15) is 0 Å². The maximum atomic E-state index is 13.6. The van der Waals surface area contributed by atoms with E-state index < -0.39 is 6.03 Å². The number of anilines is 1. The monoisotopic (exact) mass is 543 g/mol. The van der Waals surface area contributed by atoms with Gasteiger partial charge < -0.3 is 29.3 Å². The summed E-state index contributed by atoms with van der Waals surface area (Å²) in [7, 11) is 3.17. The zero-order chi connectivity index (χ0) is 26.2. The number of carbonyl (C=O) groups is 2. The molecular formula is C27H30ClN3O5S. The van der Waals surface area contributed by atoms with Gasteiger partial charge in [0.2, 0.25) is 5.91 Å². The van der Waals surface area contributed by atoms with E-state index in [1.54, 1.807) is 49.8 Å². The summed E-state index contributed by atoms with van der Waals surface area (Å²) in [5.41, 5.74) is 1.64. The van der Waals surface area contributed by atoms with Crippen LogP contribution in [0.2, 0.25) is 5.02 Å². The number of hydrogen-bond donors (Lipinski definition) is 1. The van der Waals surface area contributed by atoms with E-state index >= 15 is 0 Å². The summed E-state index contributed by atoms with van der Waals surface area (Å²) in [5.74, 6) is 1.20. The van der Waals surface area contributed by atoms with Crippen LogP contribution in [0.25, 0.3) is 0 Å². The topological polar surface area (TPSA) is 80.3 Å². The summed E-state index contributed by atoms with van der Waals surface area (Å²) < 4.78 is 16.6. The molecule has 1 atom stereocenters. The van der Waals surface area contributed by atoms with Crippen molar-refractivity contribution in [2.24, 2.45) is 0 Å². The minimum absolute atomic E-state index is 0.0924. The van der Waals surface area contributed by atoms with E-state index in [0.29, 0.717) is 35.4 Å². The summed E-state index contributed by atoms with van der Waals surface area (Å²) in [4.78, 5) is 31.2. The quantitative estimate of drug-likeness (QED) is 0.385. The van der Waals surface area contributed by atoms with Crippen molar-refractivity contribution in [3.8, 4) is 11.5 Å². The zero-order valence-electron chi connectivity index (χ0n) is 20.8. The third-order valence-corrected chi connectivity index (χ3v) is 7.35. The molecule has 37 heavy (non-hydrogen) atoms. The number of fused-ring (bicyclic) bond motifs is 1. The van der Waals surface area contributed by atoms with E-state index in [2.05, 4.69) is 5.32 Å². The Kier molecular flexibility index (Phi) is 9.27. The number of thiophene rings is 1. The lowest BCUT2D eigenvalue weighted by Gasteiger charge is -2.37. The van der Waals surface area contributed by atoms with E-state index in [-0.39, 0.29) is 31.6 Å². The van der Waals surface area contributed by atoms with Crippen LogP contribution in [0, 0.1) is 0 Å². The van der Waals surface area contributed by atoms with Crippen LogP contribution < -0.4 is 14.8 Å². The molecule has 0 spiro atoms. The summed E-state index contributed by atoms with van der Waals surface area (Å²) in [6, 6.07) is 15.7. The van der Waals surface area contributed by atoms with Gasteiger partial charge in [0.15, 0.2) is 0 Å². The maximum Gasteiger partial charge on any atom is 0.322 e. The van der Waals surface area contributed by atoms with Crippen molar-refractivity contribution < 1.29 is 23.8 Å². The SMILES string of the molecule is COCCN(CC(=O)N1CCc2sccc2C1COc1cccc(OC)c1)C(=O)Nc1cccc(Cl)c1. The van der Waals surface area contributed by atoms with E-state index in [4.69, 9.17) is 25.8 Å². The highest BCUT2D eigenvalue weighted by Crippen LogP contribution is 2.34. The molecule has 3 amide bonds. The molecule has 1 aromatic heterocycles. The van der Waals surface area contributed by atoms with Crippen molar-refractivity contribution in [3.63, 3.8) is 0 Å². The summed E-state index contributed by atoms with van der Waals surface area (Å²) in [6.45, 7) is 1.30. The van der Waals surface area contributed by atoms with Crippen LogP contribution in [0.4, 0.5) is 10.5 Å². The van der Waals surface area contributed by atoms with Crippen molar-refractivity contribution in [2.75, 3.05) is 52.4 Å². The Morgan fingerprint density at radius 2 is 1.95 bits per heavy atom. The standard InChI is InChI=1S/C27H30ClN3O5S/c1-34-13-12-30(27(33)29-20-6-3-5-19(28)15-20)17-26(32)31-11-9-25-23(10-14-37-25)24(31)18-36-22-8-4-7-21(16-22)35-2/h3-8,10,14-16,24H,9,11-13,17-18H2,1-2H3,(H,29,33). The molecule has 0 bridgehead atoms. The second kappa shape index (κ2) is 12.8. The summed E-state index contributed by atoms with van der Waals surface area (Å²) >= 11 is 7.74. The lowest BCUT2D eigenvalue weighted by molar-refractivity contribution is -0.135. The summed E-state index contributed by atoms with van der Waals surface area (Å²) in [5, 5.41) is 5.37. The van der Waals surface area contributed by atoms with Crippen LogP contribution >= 0.6 is 22.9 Å². The first-order valence-corrected chi connectivity index (χ1v) is 13.2. The molecule has 2 aromatic carbocycles. The van der Waals surface area contributed by atoms with Gasteiger partial charge in [-0.25, -0.2) is 4.79 Å². The van der Waals surface area contributed by atoms with Gasteiger partial charge in [-0.15, -0.1) is 11.3 Å². The predicted octanol–water partition coefficient (Wildman–Crippen LogP) is 5.10. The highest BCUT2D eigenvalue weighted by Gasteiger charge is 2.33. The van der Waals surface area contributed by atoms with Crippen molar-refractivity contribution in [2.45, 2.75) is 12.5 Å². The number of rotatable bonds is 10. The largest absolute Gasteiger partial charge is 0.497 e. The summed E-state index contributed by atoms with van der Waals surface area (Å²) in [6.07, 6.45) is 0.765. The van der Waals surface area contributed by atoms with Crippen molar-refractivity contribution in [3.05, 3.63) is 75.4 Å². The molecule has 3 aromatic rings. The first-order chi connectivity index (χ1) is 18.0. The third kappa shape index (κ3) is 6.94. The fraction of sp³-hybridized carbons (Fsp3) is 0.333. The first kappa shape index (κ1) is 26.8. The third-order valence-electron chi connectivity index (χ3n) is 6.12. The average Bonchev–Trinajstić information content (AvgIpc) is 3.39. The molecular weight excluding hydrogens is 514 g/mol. The van der Waals surface area contributed by atoms with Gasteiger partial charge in [0.1, 0.15) is 24.7 Å². The number of amides is 3. The van der Waals surface area contributed by atoms with Crippen LogP contribution in [-0.4, -0.2) is 68.8 Å². The Hall–Kier alpha value is -3.27. The molecule has 196 valence electrons. The molecule has 1 unspecified atom stereocenters. The second-order valence-corrected chi connectivity index (χ2v) is 9.93. The van der Waals surface area contributed by atoms with Crippen molar-refractivity contribution >= 4 is 40.6 Å². The second-order valence-electron chi connectivity index (χ2n) is 8.50. The number of nitrogens with one attached hydrogen (secondary N) is 1. The normalized spacial score (nSPS) is 14.6. The number of methoxy groups -OCH3 is 2. The van der Waals surface area contributed by atoms with Crippen LogP contribution in [0.3, 0.4) is 0 Å². The predicted molar refractivity (Wildman–Crippen MR) is 145 cm³/mol. The minimum atomic E-state index is -0.398. The molecule has 0 saturated heterocycles. The first-order valence-electron chi connectivity index (χ1n) is 11.9. The molecule has 1 aliphatic rings. The molecule has 2 heterocycles. The van der Waals surface area contributed by atoms with Gasteiger partial charge in [-0.3, -0.25) is 4.79 Å². The molecule has 4 rings (SSSR count). The average molecular weight is 544 g/mol. The molecule has 10 heteroatoms. The molecule has 1 aliphatic heterocycles. The van der Waals surface area contributed by atoms with Gasteiger partial charge in [-0.1, -0.05) is 23.7 Å². The number of hydrogen-bond acceptors (Lipinski definition) is 6. The van der Waals surface area contributed by atoms with Gasteiger partial charge in [0, 0.05) is 41.9 Å². The van der Waals surface area contributed by atoms with Gasteiger partial charge >= 0.3 is 6.03 Å². The van der Waals surface area contributed by atoms with E-state index in [9.17, 15) is 9.59 Å². The molecule has 0 radical (unpaired) electrons. The van der Waals surface area contributed by atoms with Crippen LogP contribution in [-0.2, 0) is 16.0 Å². The van der Waals surface area contributed by atoms with E-state index in [1.807, 2.05) is 40.6 Å². The minimum Gasteiger partial charge on any atom is -0.497 e. The number of urea groups is 1. The lowest BCUT2D eigenvalue weighted by Crippen LogP contribution is -2.49. The highest BCUT2D eigenvalue weighted by atomic mass is 35.5. The Morgan fingerprint density at radius 3 is 2.73 bits per heavy atom. The lowest BCUT2D eigenvalue weighted by atomic mass is 10.0. The Labute approximate surface area is 225 Å². The number of halogens is 1. The molecule has 8 nitrogen and oxygen atoms in total. The van der Waals surface area contributed by atoms with Crippen LogP contribution in [0.1, 0.15) is 16.5 Å². The molecule has 0 saturated carbocycles. The number of ether oxygens (including phenoxy) is 3. The van der Waals surface area contributed by atoms with Crippen molar-refractivity contribution in [1.82, 2.24) is 9.80 Å².